The van der Waals surface area contributed by atoms with E-state index < -0.39 is 5.91 Å². The van der Waals surface area contributed by atoms with Crippen LogP contribution in [0.2, 0.25) is 0 Å². The molecule has 1 amide bonds. The zero-order valence-electron chi connectivity index (χ0n) is 18.4. The van der Waals surface area contributed by atoms with Gasteiger partial charge >= 0.3 is 11.8 Å². The van der Waals surface area contributed by atoms with Crippen LogP contribution in [0.1, 0.15) is 34.7 Å². The number of likely N-dealkylation sites (tertiary alicyclic amines) is 1. The van der Waals surface area contributed by atoms with Gasteiger partial charge in [0.2, 0.25) is 5.82 Å². The largest absolute Gasteiger partial charge is 0.452 e. The molecule has 33 heavy (non-hydrogen) atoms. The average molecular weight is 448 g/mol. The zero-order valence-corrected chi connectivity index (χ0v) is 18.4. The molecule has 8 heteroatoms. The maximum atomic E-state index is 13.9. The van der Waals surface area contributed by atoms with Crippen LogP contribution in [-0.4, -0.2) is 40.6 Å². The average Bonchev–Trinajstić information content (AvgIpc) is 3.45. The molecule has 1 aliphatic rings. The number of fused-ring (bicyclic) bond motifs is 1. The second kappa shape index (κ2) is 9.15. The Morgan fingerprint density at radius 1 is 1.15 bits per heavy atom. The molecule has 0 atom stereocenters. The SMILES string of the molecule is Cc1c(-c2noc(C(=O)NCC3CCN(Cc4ccccc4F)CC3)n2)oc2ccccc12. The molecule has 2 aromatic carbocycles. The molecular weight excluding hydrogens is 423 g/mol. The third-order valence-electron chi connectivity index (χ3n) is 6.28. The first-order chi connectivity index (χ1) is 16.1. The van der Waals surface area contributed by atoms with Crippen LogP contribution in [0.4, 0.5) is 4.39 Å². The first-order valence-corrected chi connectivity index (χ1v) is 11.1. The quantitative estimate of drug-likeness (QED) is 0.465. The van der Waals surface area contributed by atoms with Gasteiger partial charge in [0.25, 0.3) is 0 Å². The number of halogens is 1. The summed E-state index contributed by atoms with van der Waals surface area (Å²) in [6.07, 6.45) is 1.87. The van der Waals surface area contributed by atoms with Crippen molar-refractivity contribution < 1.29 is 18.1 Å². The lowest BCUT2D eigenvalue weighted by molar-refractivity contribution is 0.0891. The maximum Gasteiger partial charge on any atom is 0.316 e. The van der Waals surface area contributed by atoms with E-state index in [1.165, 1.54) is 6.07 Å². The van der Waals surface area contributed by atoms with E-state index in [1.807, 2.05) is 43.3 Å². The Hall–Kier alpha value is -3.52. The number of aryl methyl sites for hydroxylation is 1. The minimum Gasteiger partial charge on any atom is -0.452 e. The van der Waals surface area contributed by atoms with Gasteiger partial charge in [-0.1, -0.05) is 41.6 Å². The van der Waals surface area contributed by atoms with Crippen LogP contribution in [0.15, 0.2) is 57.5 Å². The van der Waals surface area contributed by atoms with E-state index in [4.69, 9.17) is 8.94 Å². The minimum atomic E-state index is -0.392. The number of carbonyl (C=O) groups is 1. The topological polar surface area (TPSA) is 84.4 Å². The van der Waals surface area contributed by atoms with Gasteiger partial charge < -0.3 is 14.3 Å². The van der Waals surface area contributed by atoms with Gasteiger partial charge in [0, 0.05) is 29.6 Å². The summed E-state index contributed by atoms with van der Waals surface area (Å²) in [4.78, 5) is 19.0. The van der Waals surface area contributed by atoms with E-state index in [0.29, 0.717) is 24.8 Å². The van der Waals surface area contributed by atoms with Crippen LogP contribution in [0, 0.1) is 18.7 Å². The van der Waals surface area contributed by atoms with Crippen LogP contribution in [0.25, 0.3) is 22.6 Å². The summed E-state index contributed by atoms with van der Waals surface area (Å²) in [6, 6.07) is 14.6. The number of para-hydroxylation sites is 1. The van der Waals surface area contributed by atoms with E-state index >= 15 is 0 Å². The molecular formula is C25H25FN4O3. The van der Waals surface area contributed by atoms with Crippen LogP contribution in [-0.2, 0) is 6.54 Å². The van der Waals surface area contributed by atoms with Crippen molar-refractivity contribution in [3.63, 3.8) is 0 Å². The lowest BCUT2D eigenvalue weighted by Crippen LogP contribution is -2.38. The number of hydrogen-bond acceptors (Lipinski definition) is 6. The molecule has 0 spiro atoms. The smallest absolute Gasteiger partial charge is 0.316 e. The number of nitrogens with one attached hydrogen (secondary N) is 1. The molecule has 1 fully saturated rings. The highest BCUT2D eigenvalue weighted by Crippen LogP contribution is 2.31. The summed E-state index contributed by atoms with van der Waals surface area (Å²) in [7, 11) is 0. The zero-order chi connectivity index (χ0) is 22.8. The standard InChI is InChI=1S/C25H25FN4O3/c1-16-19-7-3-5-9-21(19)32-22(16)23-28-25(33-29-23)24(31)27-14-17-10-12-30(13-11-17)15-18-6-2-4-8-20(18)26/h2-9,17H,10-15H2,1H3,(H,27,31). The molecule has 0 aliphatic carbocycles. The Labute approximate surface area is 190 Å². The number of hydrogen-bond donors (Lipinski definition) is 1. The van der Waals surface area contributed by atoms with Crippen molar-refractivity contribution in [1.82, 2.24) is 20.4 Å². The molecule has 3 heterocycles. The van der Waals surface area contributed by atoms with E-state index in [0.717, 1.165) is 48.0 Å². The van der Waals surface area contributed by atoms with E-state index in [1.54, 1.807) is 6.07 Å². The molecule has 1 saturated heterocycles. The molecule has 4 aromatic rings. The van der Waals surface area contributed by atoms with Crippen molar-refractivity contribution in [2.45, 2.75) is 26.3 Å². The molecule has 1 aliphatic heterocycles. The number of aromatic nitrogens is 2. The number of carbonyl (C=O) groups excluding carboxylic acids is 1. The Morgan fingerprint density at radius 2 is 1.91 bits per heavy atom. The fraction of sp³-hybridized carbons (Fsp3) is 0.320. The molecule has 1 N–H and O–H groups in total. The Kier molecular flexibility index (Phi) is 5.92. The summed E-state index contributed by atoms with van der Waals surface area (Å²) in [5.74, 6) is 0.476. The highest BCUT2D eigenvalue weighted by atomic mass is 19.1. The molecule has 0 unspecified atom stereocenters. The monoisotopic (exact) mass is 448 g/mol. The Morgan fingerprint density at radius 3 is 2.70 bits per heavy atom. The van der Waals surface area contributed by atoms with Gasteiger partial charge in [-0.2, -0.15) is 4.98 Å². The molecule has 7 nitrogen and oxygen atoms in total. The molecule has 5 rings (SSSR count). The summed E-state index contributed by atoms with van der Waals surface area (Å²) in [6.45, 7) is 4.80. The van der Waals surface area contributed by atoms with Crippen molar-refractivity contribution in [3.05, 3.63) is 71.4 Å². The molecule has 170 valence electrons. The van der Waals surface area contributed by atoms with Gasteiger partial charge in [-0.15, -0.1) is 0 Å². The summed E-state index contributed by atoms with van der Waals surface area (Å²) < 4.78 is 24.9. The number of piperidine rings is 1. The van der Waals surface area contributed by atoms with Crippen molar-refractivity contribution in [3.8, 4) is 11.6 Å². The fourth-order valence-electron chi connectivity index (χ4n) is 4.32. The molecule has 0 bridgehead atoms. The predicted octanol–water partition coefficient (Wildman–Crippen LogP) is 4.57. The molecule has 0 radical (unpaired) electrons. The molecule has 0 saturated carbocycles. The maximum absolute atomic E-state index is 13.9. The van der Waals surface area contributed by atoms with Crippen molar-refractivity contribution in [2.75, 3.05) is 19.6 Å². The number of benzene rings is 2. The number of nitrogens with zero attached hydrogens (tertiary/aromatic N) is 3. The van der Waals surface area contributed by atoms with E-state index in [2.05, 4.69) is 20.4 Å². The first kappa shape index (κ1) is 21.3. The van der Waals surface area contributed by atoms with Gasteiger partial charge in [-0.25, -0.2) is 4.39 Å². The van der Waals surface area contributed by atoms with Gasteiger partial charge in [0.15, 0.2) is 5.76 Å². The summed E-state index contributed by atoms with van der Waals surface area (Å²) in [5, 5.41) is 7.82. The second-order valence-electron chi connectivity index (χ2n) is 8.50. The van der Waals surface area contributed by atoms with Crippen LogP contribution in [0.3, 0.4) is 0 Å². The third kappa shape index (κ3) is 4.52. The van der Waals surface area contributed by atoms with E-state index in [-0.39, 0.29) is 17.5 Å². The van der Waals surface area contributed by atoms with Crippen molar-refractivity contribution in [2.24, 2.45) is 5.92 Å². The van der Waals surface area contributed by atoms with Crippen LogP contribution >= 0.6 is 0 Å². The van der Waals surface area contributed by atoms with Gasteiger partial charge in [-0.3, -0.25) is 9.69 Å². The third-order valence-corrected chi connectivity index (χ3v) is 6.28. The van der Waals surface area contributed by atoms with Gasteiger partial charge in [-0.05, 0) is 50.9 Å². The second-order valence-corrected chi connectivity index (χ2v) is 8.50. The number of furan rings is 1. The molecule has 2 aromatic heterocycles. The lowest BCUT2D eigenvalue weighted by Gasteiger charge is -2.32. The summed E-state index contributed by atoms with van der Waals surface area (Å²) in [5.41, 5.74) is 2.36. The normalized spacial score (nSPS) is 15.2. The highest BCUT2D eigenvalue weighted by Gasteiger charge is 2.24. The number of amides is 1. The minimum absolute atomic E-state index is 0.0816. The van der Waals surface area contributed by atoms with Gasteiger partial charge in [0.05, 0.1) is 0 Å². The predicted molar refractivity (Wildman–Crippen MR) is 121 cm³/mol. The van der Waals surface area contributed by atoms with E-state index in [9.17, 15) is 9.18 Å². The van der Waals surface area contributed by atoms with Crippen molar-refractivity contribution in [1.29, 1.82) is 0 Å². The van der Waals surface area contributed by atoms with Gasteiger partial charge in [0.1, 0.15) is 11.4 Å². The van der Waals surface area contributed by atoms with Crippen molar-refractivity contribution >= 4 is 16.9 Å². The Balaban J connectivity index is 1.14. The Bertz CT molecular complexity index is 1270. The summed E-state index contributed by atoms with van der Waals surface area (Å²) >= 11 is 0. The highest BCUT2D eigenvalue weighted by molar-refractivity contribution is 5.90. The number of rotatable bonds is 6. The van der Waals surface area contributed by atoms with Crippen LogP contribution < -0.4 is 5.32 Å². The fourth-order valence-corrected chi connectivity index (χ4v) is 4.32. The first-order valence-electron chi connectivity index (χ1n) is 11.1. The van der Waals surface area contributed by atoms with Crippen LogP contribution in [0.5, 0.6) is 0 Å². The lowest BCUT2D eigenvalue weighted by atomic mass is 9.96.